The number of hydrogen-bond donors (Lipinski definition) is 1. The molecule has 4 nitrogen and oxygen atoms in total. The second kappa shape index (κ2) is 5.73. The van der Waals surface area contributed by atoms with Crippen molar-refractivity contribution < 1.29 is 0 Å². The molecule has 0 spiro atoms. The zero-order valence-corrected chi connectivity index (χ0v) is 12.3. The number of nitrogens with one attached hydrogen (secondary N) is 1. The summed E-state index contributed by atoms with van der Waals surface area (Å²) in [4.78, 5) is 4.43. The molecule has 0 aliphatic heterocycles. The van der Waals surface area contributed by atoms with E-state index in [1.165, 1.54) is 0 Å². The van der Waals surface area contributed by atoms with Gasteiger partial charge in [0.25, 0.3) is 0 Å². The molecule has 1 unspecified atom stereocenters. The lowest BCUT2D eigenvalue weighted by Gasteiger charge is -2.13. The van der Waals surface area contributed by atoms with Crippen molar-refractivity contribution in [2.45, 2.75) is 19.4 Å². The first-order chi connectivity index (χ1) is 8.22. The summed E-state index contributed by atoms with van der Waals surface area (Å²) in [5, 5.41) is 7.76. The summed E-state index contributed by atoms with van der Waals surface area (Å²) in [6.07, 6.45) is 5.08. The molecule has 2 aromatic rings. The Kier molecular flexibility index (Phi) is 4.28. The molecule has 0 saturated carbocycles. The minimum atomic E-state index is 0.422. The van der Waals surface area contributed by atoms with E-state index in [0.717, 1.165) is 22.3 Å². The third-order valence-corrected chi connectivity index (χ3v) is 3.69. The average Bonchev–Trinajstić information content (AvgIpc) is 2.69. The molecule has 0 bridgehead atoms. The maximum Gasteiger partial charge on any atom is 0.243 e. The summed E-state index contributed by atoms with van der Waals surface area (Å²) in [6.45, 7) is 2.17. The second-order valence-corrected chi connectivity index (χ2v) is 5.62. The highest BCUT2D eigenvalue weighted by atomic mass is 79.9. The Morgan fingerprint density at radius 2 is 2.35 bits per heavy atom. The van der Waals surface area contributed by atoms with Crippen LogP contribution in [0, 0.1) is 0 Å². The molecular weight excluding hydrogens is 300 g/mol. The Hall–Kier alpha value is -0.750. The van der Waals surface area contributed by atoms with Gasteiger partial charge in [-0.15, -0.1) is 5.10 Å². The van der Waals surface area contributed by atoms with Crippen LogP contribution in [0.2, 0.25) is 0 Å². The predicted molar refractivity (Wildman–Crippen MR) is 76.8 cm³/mol. The summed E-state index contributed by atoms with van der Waals surface area (Å²) >= 11 is 5.25. The first-order valence-electron chi connectivity index (χ1n) is 5.50. The molecule has 0 aliphatic carbocycles. The summed E-state index contributed by atoms with van der Waals surface area (Å²) < 4.78 is 2.77. The fraction of sp³-hybridized carbons (Fsp3) is 0.455. The highest BCUT2D eigenvalue weighted by Gasteiger charge is 2.09. The summed E-state index contributed by atoms with van der Waals surface area (Å²) in [6, 6.07) is 4.33. The molecule has 92 valence electrons. The molecule has 6 heteroatoms. The minimum Gasteiger partial charge on any atom is -0.349 e. The minimum absolute atomic E-state index is 0.422. The highest BCUT2D eigenvalue weighted by Crippen LogP contribution is 2.13. The molecule has 2 rings (SSSR count). The van der Waals surface area contributed by atoms with Crippen molar-refractivity contribution in [2.24, 2.45) is 0 Å². The van der Waals surface area contributed by atoms with E-state index in [0.29, 0.717) is 12.0 Å². The first-order valence-corrected chi connectivity index (χ1v) is 7.69. The van der Waals surface area contributed by atoms with Gasteiger partial charge in [-0.05, 0) is 40.7 Å². The fourth-order valence-corrected chi connectivity index (χ4v) is 2.61. The Balaban J connectivity index is 2.18. The van der Waals surface area contributed by atoms with Crippen molar-refractivity contribution in [2.75, 3.05) is 17.3 Å². The first kappa shape index (κ1) is 12.7. The van der Waals surface area contributed by atoms with Crippen molar-refractivity contribution in [1.82, 2.24) is 14.6 Å². The molecule has 17 heavy (non-hydrogen) atoms. The van der Waals surface area contributed by atoms with Crippen LogP contribution in [0.15, 0.2) is 22.8 Å². The number of pyridine rings is 1. The largest absolute Gasteiger partial charge is 0.349 e. The maximum atomic E-state index is 4.43. The number of rotatable bonds is 5. The number of hydrogen-bond acceptors (Lipinski definition) is 4. The molecule has 1 N–H and O–H groups in total. The van der Waals surface area contributed by atoms with Crippen LogP contribution in [0.3, 0.4) is 0 Å². The van der Waals surface area contributed by atoms with Crippen LogP contribution < -0.4 is 5.32 Å². The lowest BCUT2D eigenvalue weighted by Crippen LogP contribution is -2.21. The van der Waals surface area contributed by atoms with Crippen LogP contribution in [0.25, 0.3) is 5.65 Å². The maximum absolute atomic E-state index is 4.43. The summed E-state index contributed by atoms with van der Waals surface area (Å²) in [5.74, 6) is 1.76. The number of halogens is 1. The fourth-order valence-electron chi connectivity index (χ4n) is 1.56. The van der Waals surface area contributed by atoms with Crippen molar-refractivity contribution in [1.29, 1.82) is 0 Å². The van der Waals surface area contributed by atoms with E-state index in [-0.39, 0.29) is 0 Å². The van der Waals surface area contributed by atoms with Gasteiger partial charge in [0.2, 0.25) is 5.95 Å². The van der Waals surface area contributed by atoms with Gasteiger partial charge >= 0.3 is 0 Å². The number of nitrogens with zero attached hydrogens (tertiary/aromatic N) is 3. The van der Waals surface area contributed by atoms with Gasteiger partial charge < -0.3 is 5.32 Å². The van der Waals surface area contributed by atoms with Gasteiger partial charge in [-0.2, -0.15) is 16.7 Å². The number of aromatic nitrogens is 3. The van der Waals surface area contributed by atoms with Crippen LogP contribution in [-0.4, -0.2) is 32.6 Å². The van der Waals surface area contributed by atoms with Gasteiger partial charge in [-0.1, -0.05) is 6.92 Å². The van der Waals surface area contributed by atoms with Crippen LogP contribution in [0.1, 0.15) is 13.3 Å². The van der Waals surface area contributed by atoms with Gasteiger partial charge in [0.1, 0.15) is 0 Å². The van der Waals surface area contributed by atoms with Crippen LogP contribution >= 0.6 is 27.7 Å². The van der Waals surface area contributed by atoms with Crippen molar-refractivity contribution in [3.05, 3.63) is 22.8 Å². The van der Waals surface area contributed by atoms with E-state index in [2.05, 4.69) is 44.5 Å². The molecule has 0 aromatic carbocycles. The number of anilines is 1. The van der Waals surface area contributed by atoms with Crippen LogP contribution in [0.4, 0.5) is 5.95 Å². The molecule has 2 heterocycles. The van der Waals surface area contributed by atoms with E-state index in [4.69, 9.17) is 0 Å². The molecule has 0 saturated heterocycles. The highest BCUT2D eigenvalue weighted by molar-refractivity contribution is 9.10. The van der Waals surface area contributed by atoms with Gasteiger partial charge in [-0.25, -0.2) is 4.52 Å². The molecular formula is C11H15BrN4S. The Morgan fingerprint density at radius 1 is 1.53 bits per heavy atom. The SMILES string of the molecule is CCC(CSC)Nc1nc2ccc(Br)cn2n1. The Bertz CT molecular complexity index is 499. The van der Waals surface area contributed by atoms with Gasteiger partial charge in [0, 0.05) is 22.5 Å². The van der Waals surface area contributed by atoms with E-state index in [9.17, 15) is 0 Å². The zero-order chi connectivity index (χ0) is 12.3. The Morgan fingerprint density at radius 3 is 3.06 bits per heavy atom. The van der Waals surface area contributed by atoms with E-state index >= 15 is 0 Å². The van der Waals surface area contributed by atoms with Gasteiger partial charge in [0.05, 0.1) is 0 Å². The Labute approximate surface area is 113 Å². The molecule has 0 aliphatic rings. The lowest BCUT2D eigenvalue weighted by molar-refractivity contribution is 0.761. The van der Waals surface area contributed by atoms with E-state index < -0.39 is 0 Å². The molecule has 0 fully saturated rings. The molecule has 2 aromatic heterocycles. The summed E-state index contributed by atoms with van der Waals surface area (Å²) in [7, 11) is 0. The predicted octanol–water partition coefficient (Wildman–Crippen LogP) is 3.05. The molecule has 1 atom stereocenters. The number of thioether (sulfide) groups is 1. The van der Waals surface area contributed by atoms with Crippen molar-refractivity contribution in [3.8, 4) is 0 Å². The number of fused-ring (bicyclic) bond motifs is 1. The van der Waals surface area contributed by atoms with Crippen molar-refractivity contribution in [3.63, 3.8) is 0 Å². The smallest absolute Gasteiger partial charge is 0.243 e. The summed E-state index contributed by atoms with van der Waals surface area (Å²) in [5.41, 5.74) is 0.856. The topological polar surface area (TPSA) is 42.2 Å². The quantitative estimate of drug-likeness (QED) is 0.921. The van der Waals surface area contributed by atoms with E-state index in [1.807, 2.05) is 30.1 Å². The average molecular weight is 315 g/mol. The zero-order valence-electron chi connectivity index (χ0n) is 9.85. The monoisotopic (exact) mass is 314 g/mol. The van der Waals surface area contributed by atoms with Gasteiger partial charge in [0.15, 0.2) is 5.65 Å². The third-order valence-electron chi connectivity index (χ3n) is 2.49. The molecule has 0 radical (unpaired) electrons. The van der Waals surface area contributed by atoms with E-state index in [1.54, 1.807) is 4.52 Å². The molecule has 0 amide bonds. The third kappa shape index (κ3) is 3.13. The second-order valence-electron chi connectivity index (χ2n) is 3.79. The van der Waals surface area contributed by atoms with Crippen LogP contribution in [-0.2, 0) is 0 Å². The van der Waals surface area contributed by atoms with Gasteiger partial charge in [-0.3, -0.25) is 0 Å². The van der Waals surface area contributed by atoms with Crippen LogP contribution in [0.5, 0.6) is 0 Å². The standard InChI is InChI=1S/C11H15BrN4S/c1-3-9(7-17-2)13-11-14-10-5-4-8(12)6-16(10)15-11/h4-6,9H,3,7H2,1-2H3,(H,13,15). The lowest BCUT2D eigenvalue weighted by atomic mass is 10.3. The van der Waals surface area contributed by atoms with Crippen molar-refractivity contribution >= 4 is 39.3 Å². The normalized spacial score (nSPS) is 12.9.